The van der Waals surface area contributed by atoms with E-state index < -0.39 is 0 Å². The first kappa shape index (κ1) is 7.86. The van der Waals surface area contributed by atoms with Crippen LogP contribution in [-0.4, -0.2) is 5.16 Å². The van der Waals surface area contributed by atoms with Crippen molar-refractivity contribution in [1.29, 1.82) is 0 Å². The molecule has 0 saturated carbocycles. The van der Waals surface area contributed by atoms with E-state index in [0.717, 1.165) is 16.7 Å². The van der Waals surface area contributed by atoms with E-state index in [2.05, 4.69) is 5.16 Å². The summed E-state index contributed by atoms with van der Waals surface area (Å²) < 4.78 is 5.12. The number of hydrogen-bond donors (Lipinski definition) is 1. The molecular formula is C10H10N2O. The summed E-state index contributed by atoms with van der Waals surface area (Å²) in [6.07, 6.45) is 4.08. The molecular weight excluding hydrogens is 164 g/mol. The Kier molecular flexibility index (Phi) is 2.00. The number of fused-ring (bicyclic) bond motifs is 1. The lowest BCUT2D eigenvalue weighted by atomic mass is 10.2. The van der Waals surface area contributed by atoms with Gasteiger partial charge in [-0.05, 0) is 18.3 Å². The lowest BCUT2D eigenvalue weighted by molar-refractivity contribution is 0.448. The van der Waals surface area contributed by atoms with E-state index >= 15 is 0 Å². The molecule has 2 aromatic rings. The van der Waals surface area contributed by atoms with Crippen LogP contribution in [0, 0.1) is 0 Å². The van der Waals surface area contributed by atoms with E-state index in [1.54, 1.807) is 0 Å². The molecule has 0 fully saturated rings. The van der Waals surface area contributed by atoms with Gasteiger partial charge in [0.05, 0.1) is 5.69 Å². The van der Waals surface area contributed by atoms with Crippen LogP contribution < -0.4 is 5.73 Å². The van der Waals surface area contributed by atoms with Gasteiger partial charge in [0, 0.05) is 11.8 Å². The topological polar surface area (TPSA) is 52.0 Å². The minimum Gasteiger partial charge on any atom is -0.405 e. The molecule has 66 valence electrons. The standard InChI is InChI=1S/C10H10N2O/c11-7-3-5-9-8-4-1-2-6-10(8)13-12-9/h1-4,6-7H,5,11H2. The van der Waals surface area contributed by atoms with Crippen LogP contribution in [0.4, 0.5) is 0 Å². The monoisotopic (exact) mass is 174 g/mol. The molecule has 0 radical (unpaired) electrons. The zero-order chi connectivity index (χ0) is 9.10. The number of hydrogen-bond acceptors (Lipinski definition) is 3. The molecule has 0 saturated heterocycles. The van der Waals surface area contributed by atoms with E-state index in [-0.39, 0.29) is 0 Å². The second-order valence-corrected chi connectivity index (χ2v) is 2.76. The zero-order valence-electron chi connectivity index (χ0n) is 7.10. The number of para-hydroxylation sites is 1. The molecule has 0 amide bonds. The van der Waals surface area contributed by atoms with E-state index in [9.17, 15) is 0 Å². The summed E-state index contributed by atoms with van der Waals surface area (Å²) >= 11 is 0. The minimum atomic E-state index is 0.716. The summed E-state index contributed by atoms with van der Waals surface area (Å²) in [6, 6.07) is 7.79. The van der Waals surface area contributed by atoms with Gasteiger partial charge in [-0.3, -0.25) is 0 Å². The molecule has 0 aliphatic rings. The van der Waals surface area contributed by atoms with Gasteiger partial charge in [-0.2, -0.15) is 0 Å². The zero-order valence-corrected chi connectivity index (χ0v) is 7.10. The maximum Gasteiger partial charge on any atom is 0.167 e. The molecule has 2 N–H and O–H groups in total. The van der Waals surface area contributed by atoms with Crippen LogP contribution in [0.3, 0.4) is 0 Å². The first-order chi connectivity index (χ1) is 6.42. The third-order valence-corrected chi connectivity index (χ3v) is 1.90. The van der Waals surface area contributed by atoms with E-state index in [0.29, 0.717) is 6.42 Å². The van der Waals surface area contributed by atoms with Crippen molar-refractivity contribution in [3.8, 4) is 0 Å². The van der Waals surface area contributed by atoms with Crippen molar-refractivity contribution >= 4 is 11.0 Å². The fraction of sp³-hybridized carbons (Fsp3) is 0.100. The Hall–Kier alpha value is -1.77. The second kappa shape index (κ2) is 3.31. The summed E-state index contributed by atoms with van der Waals surface area (Å²) in [4.78, 5) is 0. The number of benzene rings is 1. The van der Waals surface area contributed by atoms with Crippen molar-refractivity contribution in [2.24, 2.45) is 5.73 Å². The second-order valence-electron chi connectivity index (χ2n) is 2.76. The van der Waals surface area contributed by atoms with Crippen molar-refractivity contribution in [3.63, 3.8) is 0 Å². The highest BCUT2D eigenvalue weighted by atomic mass is 16.5. The summed E-state index contributed by atoms with van der Waals surface area (Å²) in [5.41, 5.74) is 7.00. The maximum atomic E-state index is 5.25. The van der Waals surface area contributed by atoms with Gasteiger partial charge < -0.3 is 10.3 Å². The molecule has 0 aliphatic carbocycles. The van der Waals surface area contributed by atoms with Crippen molar-refractivity contribution in [3.05, 3.63) is 42.2 Å². The molecule has 3 nitrogen and oxygen atoms in total. The van der Waals surface area contributed by atoms with Crippen LogP contribution in [0.2, 0.25) is 0 Å². The van der Waals surface area contributed by atoms with E-state index in [4.69, 9.17) is 10.3 Å². The van der Waals surface area contributed by atoms with Crippen LogP contribution in [0.5, 0.6) is 0 Å². The average molecular weight is 174 g/mol. The summed E-state index contributed by atoms with van der Waals surface area (Å²) in [5.74, 6) is 0. The first-order valence-corrected chi connectivity index (χ1v) is 4.12. The smallest absolute Gasteiger partial charge is 0.167 e. The Balaban J connectivity index is 2.45. The van der Waals surface area contributed by atoms with Crippen molar-refractivity contribution in [2.45, 2.75) is 6.42 Å². The highest BCUT2D eigenvalue weighted by molar-refractivity contribution is 5.79. The van der Waals surface area contributed by atoms with Crippen LogP contribution >= 0.6 is 0 Å². The van der Waals surface area contributed by atoms with Crippen LogP contribution in [0.25, 0.3) is 11.0 Å². The molecule has 1 heterocycles. The van der Waals surface area contributed by atoms with Crippen LogP contribution in [0.1, 0.15) is 5.69 Å². The summed E-state index contributed by atoms with van der Waals surface area (Å²) in [6.45, 7) is 0. The highest BCUT2D eigenvalue weighted by Gasteiger charge is 2.04. The molecule has 1 aromatic heterocycles. The molecule has 0 aliphatic heterocycles. The van der Waals surface area contributed by atoms with Gasteiger partial charge in [-0.15, -0.1) is 0 Å². The number of rotatable bonds is 2. The molecule has 2 rings (SSSR count). The van der Waals surface area contributed by atoms with Gasteiger partial charge in [-0.1, -0.05) is 23.4 Å². The Bertz CT molecular complexity index is 431. The Morgan fingerprint density at radius 1 is 1.38 bits per heavy atom. The molecule has 0 atom stereocenters. The van der Waals surface area contributed by atoms with Crippen LogP contribution in [0.15, 0.2) is 41.1 Å². The van der Waals surface area contributed by atoms with Gasteiger partial charge >= 0.3 is 0 Å². The normalized spacial score (nSPS) is 11.4. The lowest BCUT2D eigenvalue weighted by Crippen LogP contribution is -1.83. The van der Waals surface area contributed by atoms with E-state index in [1.807, 2.05) is 30.3 Å². The van der Waals surface area contributed by atoms with Crippen molar-refractivity contribution in [2.75, 3.05) is 0 Å². The van der Waals surface area contributed by atoms with Gasteiger partial charge in [0.25, 0.3) is 0 Å². The van der Waals surface area contributed by atoms with Gasteiger partial charge in [0.1, 0.15) is 0 Å². The predicted octanol–water partition coefficient (Wildman–Crippen LogP) is 1.84. The SMILES string of the molecule is NC=CCc1noc2ccccc12. The van der Waals surface area contributed by atoms with Crippen molar-refractivity contribution in [1.82, 2.24) is 5.16 Å². The summed E-state index contributed by atoms with van der Waals surface area (Å²) in [5, 5.41) is 5.01. The van der Waals surface area contributed by atoms with Crippen LogP contribution in [-0.2, 0) is 6.42 Å². The first-order valence-electron chi connectivity index (χ1n) is 4.12. The molecule has 0 bridgehead atoms. The highest BCUT2D eigenvalue weighted by Crippen LogP contribution is 2.17. The Labute approximate surface area is 75.8 Å². The molecule has 0 spiro atoms. The fourth-order valence-corrected chi connectivity index (χ4v) is 1.26. The Morgan fingerprint density at radius 3 is 3.08 bits per heavy atom. The lowest BCUT2D eigenvalue weighted by Gasteiger charge is -1.87. The molecule has 0 unspecified atom stereocenters. The largest absolute Gasteiger partial charge is 0.405 e. The average Bonchev–Trinajstić information content (AvgIpc) is 2.58. The van der Waals surface area contributed by atoms with Gasteiger partial charge in [0.2, 0.25) is 0 Å². The third-order valence-electron chi connectivity index (χ3n) is 1.90. The Morgan fingerprint density at radius 2 is 2.23 bits per heavy atom. The molecule has 13 heavy (non-hydrogen) atoms. The fourth-order valence-electron chi connectivity index (χ4n) is 1.26. The number of aromatic nitrogens is 1. The predicted molar refractivity (Wildman–Crippen MR) is 51.0 cm³/mol. The maximum absolute atomic E-state index is 5.25. The third kappa shape index (κ3) is 1.40. The summed E-state index contributed by atoms with van der Waals surface area (Å²) in [7, 11) is 0. The number of nitrogens with two attached hydrogens (primary N) is 1. The van der Waals surface area contributed by atoms with Gasteiger partial charge in [0.15, 0.2) is 5.58 Å². The van der Waals surface area contributed by atoms with Crippen molar-refractivity contribution < 1.29 is 4.52 Å². The van der Waals surface area contributed by atoms with E-state index in [1.165, 1.54) is 6.20 Å². The molecule has 3 heteroatoms. The van der Waals surface area contributed by atoms with Gasteiger partial charge in [-0.25, -0.2) is 0 Å². The number of nitrogens with zero attached hydrogens (tertiary/aromatic N) is 1. The quantitative estimate of drug-likeness (QED) is 0.755. The number of allylic oxidation sites excluding steroid dienone is 1. The minimum absolute atomic E-state index is 0.716. The molecule has 1 aromatic carbocycles.